The Bertz CT molecular complexity index is 187. The van der Waals surface area contributed by atoms with Crippen molar-refractivity contribution in [2.75, 3.05) is 13.1 Å². The van der Waals surface area contributed by atoms with Crippen molar-refractivity contribution in [2.24, 2.45) is 5.92 Å². The van der Waals surface area contributed by atoms with E-state index in [9.17, 15) is 4.79 Å². The first-order chi connectivity index (χ1) is 5.66. The van der Waals surface area contributed by atoms with Crippen molar-refractivity contribution in [1.29, 1.82) is 0 Å². The molecule has 2 aliphatic rings. The minimum Gasteiger partial charge on any atom is -0.461 e. The molecule has 2 fully saturated rings. The summed E-state index contributed by atoms with van der Waals surface area (Å²) in [5.74, 6) is 0.466. The highest BCUT2D eigenvalue weighted by atomic mass is 16.6. The van der Waals surface area contributed by atoms with E-state index in [1.807, 2.05) is 0 Å². The van der Waals surface area contributed by atoms with Crippen LogP contribution in [0.3, 0.4) is 0 Å². The Kier molecular flexibility index (Phi) is 1.83. The van der Waals surface area contributed by atoms with Crippen LogP contribution in [0.25, 0.3) is 0 Å². The maximum Gasteiger partial charge on any atom is 0.306 e. The normalized spacial score (nSPS) is 35.8. The molecule has 2 atom stereocenters. The Balaban J connectivity index is 1.97. The van der Waals surface area contributed by atoms with E-state index in [-0.39, 0.29) is 12.1 Å². The van der Waals surface area contributed by atoms with Gasteiger partial charge in [-0.3, -0.25) is 9.69 Å². The second-order valence-electron chi connectivity index (χ2n) is 4.04. The molecule has 0 aromatic heterocycles. The Morgan fingerprint density at radius 3 is 2.83 bits per heavy atom. The summed E-state index contributed by atoms with van der Waals surface area (Å²) in [5.41, 5.74) is 0. The zero-order valence-electron chi connectivity index (χ0n) is 7.62. The van der Waals surface area contributed by atoms with E-state index in [2.05, 4.69) is 18.7 Å². The molecule has 0 saturated carbocycles. The SMILES string of the molecule is CC(C)N1CC2CC(=O)OC2C1. The summed E-state index contributed by atoms with van der Waals surface area (Å²) in [7, 11) is 0. The molecule has 2 unspecified atom stereocenters. The van der Waals surface area contributed by atoms with Gasteiger partial charge in [0.25, 0.3) is 0 Å². The van der Waals surface area contributed by atoms with Crippen LogP contribution in [0.1, 0.15) is 20.3 Å². The topological polar surface area (TPSA) is 29.5 Å². The van der Waals surface area contributed by atoms with Crippen LogP contribution >= 0.6 is 0 Å². The third kappa shape index (κ3) is 1.22. The lowest BCUT2D eigenvalue weighted by Crippen LogP contribution is -2.30. The van der Waals surface area contributed by atoms with Crippen LogP contribution in [-0.2, 0) is 9.53 Å². The highest BCUT2D eigenvalue weighted by Gasteiger charge is 2.42. The number of ether oxygens (including phenoxy) is 1. The summed E-state index contributed by atoms with van der Waals surface area (Å²) in [4.78, 5) is 13.3. The summed E-state index contributed by atoms with van der Waals surface area (Å²) < 4.78 is 5.19. The molecule has 0 amide bonds. The van der Waals surface area contributed by atoms with E-state index in [1.54, 1.807) is 0 Å². The van der Waals surface area contributed by atoms with Crippen molar-refractivity contribution in [1.82, 2.24) is 4.90 Å². The molecule has 12 heavy (non-hydrogen) atoms. The Labute approximate surface area is 72.7 Å². The molecule has 3 nitrogen and oxygen atoms in total. The van der Waals surface area contributed by atoms with Crippen molar-refractivity contribution in [3.05, 3.63) is 0 Å². The molecule has 0 aliphatic carbocycles. The Morgan fingerprint density at radius 2 is 2.25 bits per heavy atom. The monoisotopic (exact) mass is 169 g/mol. The Hall–Kier alpha value is -0.570. The van der Waals surface area contributed by atoms with E-state index in [4.69, 9.17) is 4.74 Å². The fourth-order valence-corrected chi connectivity index (χ4v) is 2.06. The number of carbonyl (C=O) groups excluding carboxylic acids is 1. The first kappa shape index (κ1) is 8.05. The molecule has 3 heteroatoms. The van der Waals surface area contributed by atoms with Gasteiger partial charge < -0.3 is 4.74 Å². The second kappa shape index (κ2) is 2.73. The van der Waals surface area contributed by atoms with Crippen molar-refractivity contribution in [2.45, 2.75) is 32.4 Å². The Morgan fingerprint density at radius 1 is 1.50 bits per heavy atom. The molecule has 0 aromatic carbocycles. The van der Waals surface area contributed by atoms with Gasteiger partial charge in [0.1, 0.15) is 6.10 Å². The molecule has 0 radical (unpaired) electrons. The molecule has 2 heterocycles. The van der Waals surface area contributed by atoms with Crippen LogP contribution in [0.5, 0.6) is 0 Å². The summed E-state index contributed by atoms with van der Waals surface area (Å²) in [5, 5.41) is 0. The van der Waals surface area contributed by atoms with Crippen LogP contribution < -0.4 is 0 Å². The summed E-state index contributed by atoms with van der Waals surface area (Å²) in [6.07, 6.45) is 0.827. The van der Waals surface area contributed by atoms with Gasteiger partial charge in [-0.1, -0.05) is 0 Å². The maximum atomic E-state index is 10.9. The van der Waals surface area contributed by atoms with Gasteiger partial charge in [-0.25, -0.2) is 0 Å². The quantitative estimate of drug-likeness (QED) is 0.539. The average molecular weight is 169 g/mol. The van der Waals surface area contributed by atoms with Gasteiger partial charge in [0.05, 0.1) is 6.42 Å². The number of fused-ring (bicyclic) bond motifs is 1. The fourth-order valence-electron chi connectivity index (χ4n) is 2.06. The van der Waals surface area contributed by atoms with E-state index >= 15 is 0 Å². The number of esters is 1. The van der Waals surface area contributed by atoms with Gasteiger partial charge in [0.15, 0.2) is 0 Å². The molecule has 2 saturated heterocycles. The zero-order chi connectivity index (χ0) is 8.72. The number of hydrogen-bond donors (Lipinski definition) is 0. The van der Waals surface area contributed by atoms with Gasteiger partial charge in [-0.2, -0.15) is 0 Å². The molecule has 2 aliphatic heterocycles. The van der Waals surface area contributed by atoms with Crippen molar-refractivity contribution in [3.8, 4) is 0 Å². The molecular formula is C9H15NO2. The highest BCUT2D eigenvalue weighted by molar-refractivity contribution is 5.72. The maximum absolute atomic E-state index is 10.9. The molecule has 0 spiro atoms. The van der Waals surface area contributed by atoms with E-state index in [1.165, 1.54) is 0 Å². The first-order valence-corrected chi connectivity index (χ1v) is 4.60. The number of rotatable bonds is 1. The fraction of sp³-hybridized carbons (Fsp3) is 0.889. The lowest BCUT2D eigenvalue weighted by molar-refractivity contribution is -0.141. The van der Waals surface area contributed by atoms with Crippen molar-refractivity contribution < 1.29 is 9.53 Å². The predicted molar refractivity (Wildman–Crippen MR) is 44.7 cm³/mol. The van der Waals surface area contributed by atoms with Gasteiger partial charge in [-0.15, -0.1) is 0 Å². The van der Waals surface area contributed by atoms with Crippen LogP contribution in [0.15, 0.2) is 0 Å². The van der Waals surface area contributed by atoms with Gasteiger partial charge in [-0.05, 0) is 13.8 Å². The number of likely N-dealkylation sites (tertiary alicyclic amines) is 1. The number of nitrogens with zero attached hydrogens (tertiary/aromatic N) is 1. The molecule has 2 rings (SSSR count). The third-order valence-corrected chi connectivity index (χ3v) is 2.85. The van der Waals surface area contributed by atoms with Gasteiger partial charge in [0, 0.05) is 25.0 Å². The minimum atomic E-state index is -0.00611. The lowest BCUT2D eigenvalue weighted by atomic mass is 10.1. The highest BCUT2D eigenvalue weighted by Crippen LogP contribution is 2.30. The summed E-state index contributed by atoms with van der Waals surface area (Å²) >= 11 is 0. The van der Waals surface area contributed by atoms with E-state index in [0.717, 1.165) is 13.1 Å². The molecule has 0 aromatic rings. The second-order valence-corrected chi connectivity index (χ2v) is 4.04. The number of carbonyl (C=O) groups is 1. The summed E-state index contributed by atoms with van der Waals surface area (Å²) in [6.45, 7) is 6.34. The van der Waals surface area contributed by atoms with Crippen LogP contribution in [-0.4, -0.2) is 36.1 Å². The smallest absolute Gasteiger partial charge is 0.306 e. The predicted octanol–water partition coefficient (Wildman–Crippen LogP) is 0.642. The van der Waals surface area contributed by atoms with Crippen LogP contribution in [0.2, 0.25) is 0 Å². The third-order valence-electron chi connectivity index (χ3n) is 2.85. The van der Waals surface area contributed by atoms with Crippen LogP contribution in [0.4, 0.5) is 0 Å². The van der Waals surface area contributed by atoms with Crippen LogP contribution in [0, 0.1) is 5.92 Å². The molecule has 68 valence electrons. The number of hydrogen-bond acceptors (Lipinski definition) is 3. The van der Waals surface area contributed by atoms with E-state index in [0.29, 0.717) is 18.4 Å². The minimum absolute atomic E-state index is 0.00611. The first-order valence-electron chi connectivity index (χ1n) is 4.60. The lowest BCUT2D eigenvalue weighted by Gasteiger charge is -2.20. The average Bonchev–Trinajstić information content (AvgIpc) is 2.42. The largest absolute Gasteiger partial charge is 0.461 e. The van der Waals surface area contributed by atoms with Crippen molar-refractivity contribution in [3.63, 3.8) is 0 Å². The summed E-state index contributed by atoms with van der Waals surface area (Å²) in [6, 6.07) is 0.578. The van der Waals surface area contributed by atoms with Crippen molar-refractivity contribution >= 4 is 5.97 Å². The molecule has 0 bridgehead atoms. The molecule has 0 N–H and O–H groups in total. The van der Waals surface area contributed by atoms with E-state index < -0.39 is 0 Å². The molecular weight excluding hydrogens is 154 g/mol. The zero-order valence-corrected chi connectivity index (χ0v) is 7.62. The van der Waals surface area contributed by atoms with Gasteiger partial charge in [0.2, 0.25) is 0 Å². The van der Waals surface area contributed by atoms with Gasteiger partial charge >= 0.3 is 5.97 Å². The standard InChI is InChI=1S/C9H15NO2/c1-6(2)10-4-7-3-9(11)12-8(7)5-10/h6-8H,3-5H2,1-2H3.